The van der Waals surface area contributed by atoms with E-state index in [1.165, 1.54) is 0 Å². The van der Waals surface area contributed by atoms with Crippen molar-refractivity contribution in [2.75, 3.05) is 19.1 Å². The SMILES string of the molecule is CC1OC(C)C(C(=O)NC2(CCl)CCOCC2)C1C. The maximum absolute atomic E-state index is 12.6. The van der Waals surface area contributed by atoms with E-state index in [0.29, 0.717) is 19.1 Å². The third-order valence-corrected chi connectivity index (χ3v) is 5.15. The molecule has 0 aromatic rings. The van der Waals surface area contributed by atoms with E-state index in [-0.39, 0.29) is 35.5 Å². The highest BCUT2D eigenvalue weighted by molar-refractivity contribution is 6.18. The molecule has 0 bridgehead atoms. The van der Waals surface area contributed by atoms with Crippen molar-refractivity contribution in [2.24, 2.45) is 11.8 Å². The lowest BCUT2D eigenvalue weighted by Crippen LogP contribution is -2.56. The van der Waals surface area contributed by atoms with Crippen LogP contribution >= 0.6 is 11.6 Å². The summed E-state index contributed by atoms with van der Waals surface area (Å²) in [5.74, 6) is 0.667. The average Bonchev–Trinajstić information content (AvgIpc) is 2.64. The van der Waals surface area contributed by atoms with Crippen LogP contribution in [0, 0.1) is 11.8 Å². The molecule has 4 atom stereocenters. The number of carbonyl (C=O) groups excluding carboxylic acids is 1. The van der Waals surface area contributed by atoms with E-state index < -0.39 is 0 Å². The van der Waals surface area contributed by atoms with E-state index in [1.54, 1.807) is 0 Å². The van der Waals surface area contributed by atoms with Crippen molar-refractivity contribution < 1.29 is 14.3 Å². The number of hydrogen-bond donors (Lipinski definition) is 1. The van der Waals surface area contributed by atoms with Crippen molar-refractivity contribution in [1.29, 1.82) is 0 Å². The predicted molar refractivity (Wildman–Crippen MR) is 74.3 cm³/mol. The first-order valence-electron chi connectivity index (χ1n) is 7.10. The average molecular weight is 290 g/mol. The Morgan fingerprint density at radius 1 is 1.26 bits per heavy atom. The molecule has 0 aliphatic carbocycles. The highest BCUT2D eigenvalue weighted by atomic mass is 35.5. The molecule has 0 radical (unpaired) electrons. The molecular formula is C14H24ClNO3. The molecule has 1 amide bonds. The summed E-state index contributed by atoms with van der Waals surface area (Å²) in [6.07, 6.45) is 1.67. The summed E-state index contributed by atoms with van der Waals surface area (Å²) in [4.78, 5) is 12.6. The van der Waals surface area contributed by atoms with Gasteiger partial charge in [-0.1, -0.05) is 6.92 Å². The first-order chi connectivity index (χ1) is 8.99. The maximum atomic E-state index is 12.6. The minimum atomic E-state index is -0.303. The van der Waals surface area contributed by atoms with E-state index in [9.17, 15) is 4.79 Å². The lowest BCUT2D eigenvalue weighted by Gasteiger charge is -2.37. The number of halogens is 1. The third kappa shape index (κ3) is 3.06. The number of ether oxygens (including phenoxy) is 2. The lowest BCUT2D eigenvalue weighted by molar-refractivity contribution is -0.130. The molecule has 0 spiro atoms. The highest BCUT2D eigenvalue weighted by Crippen LogP contribution is 2.33. The van der Waals surface area contributed by atoms with Crippen LogP contribution in [0.25, 0.3) is 0 Å². The van der Waals surface area contributed by atoms with Crippen LogP contribution in [0.15, 0.2) is 0 Å². The van der Waals surface area contributed by atoms with Crippen LogP contribution in [-0.2, 0) is 14.3 Å². The number of amides is 1. The molecule has 2 saturated heterocycles. The summed E-state index contributed by atoms with van der Waals surface area (Å²) in [7, 11) is 0. The molecule has 2 heterocycles. The van der Waals surface area contributed by atoms with Gasteiger partial charge in [0.05, 0.1) is 23.7 Å². The summed E-state index contributed by atoms with van der Waals surface area (Å²) in [6.45, 7) is 7.41. The quantitative estimate of drug-likeness (QED) is 0.808. The second-order valence-electron chi connectivity index (χ2n) is 5.95. The molecule has 4 unspecified atom stereocenters. The van der Waals surface area contributed by atoms with Gasteiger partial charge in [-0.05, 0) is 32.6 Å². The number of rotatable bonds is 3. The van der Waals surface area contributed by atoms with Crippen LogP contribution in [0.5, 0.6) is 0 Å². The van der Waals surface area contributed by atoms with Gasteiger partial charge in [-0.25, -0.2) is 0 Å². The summed E-state index contributed by atoms with van der Waals surface area (Å²) in [6, 6.07) is 0. The van der Waals surface area contributed by atoms with Crippen molar-refractivity contribution in [1.82, 2.24) is 5.32 Å². The lowest BCUT2D eigenvalue weighted by atomic mass is 9.86. The normalized spacial score (nSPS) is 38.1. The van der Waals surface area contributed by atoms with Crippen LogP contribution in [0.2, 0.25) is 0 Å². The molecule has 19 heavy (non-hydrogen) atoms. The Balaban J connectivity index is 2.03. The molecule has 2 aliphatic rings. The van der Waals surface area contributed by atoms with Crippen molar-refractivity contribution in [3.05, 3.63) is 0 Å². The Morgan fingerprint density at radius 3 is 2.37 bits per heavy atom. The predicted octanol–water partition coefficient (Wildman–Crippen LogP) is 1.95. The molecule has 2 rings (SSSR count). The Kier molecular flexibility index (Phi) is 4.75. The Morgan fingerprint density at radius 2 is 1.89 bits per heavy atom. The number of hydrogen-bond acceptors (Lipinski definition) is 3. The summed E-state index contributed by atoms with van der Waals surface area (Å²) in [5.41, 5.74) is -0.303. The first-order valence-corrected chi connectivity index (χ1v) is 7.64. The molecule has 110 valence electrons. The zero-order chi connectivity index (χ0) is 14.0. The van der Waals surface area contributed by atoms with Gasteiger partial charge in [0.1, 0.15) is 0 Å². The van der Waals surface area contributed by atoms with E-state index in [4.69, 9.17) is 21.1 Å². The molecule has 2 fully saturated rings. The van der Waals surface area contributed by atoms with E-state index in [1.807, 2.05) is 13.8 Å². The summed E-state index contributed by atoms with van der Waals surface area (Å²) < 4.78 is 11.1. The van der Waals surface area contributed by atoms with Crippen LogP contribution < -0.4 is 5.32 Å². The van der Waals surface area contributed by atoms with Crippen LogP contribution in [-0.4, -0.2) is 42.7 Å². The van der Waals surface area contributed by atoms with E-state index in [2.05, 4.69) is 12.2 Å². The Bertz CT molecular complexity index is 331. The molecule has 0 aromatic carbocycles. The van der Waals surface area contributed by atoms with Crippen LogP contribution in [0.3, 0.4) is 0 Å². The topological polar surface area (TPSA) is 47.6 Å². The number of alkyl halides is 1. The Labute approximate surface area is 120 Å². The monoisotopic (exact) mass is 289 g/mol. The number of carbonyl (C=O) groups is 1. The van der Waals surface area contributed by atoms with Gasteiger partial charge in [0.25, 0.3) is 0 Å². The van der Waals surface area contributed by atoms with Crippen LogP contribution in [0.1, 0.15) is 33.6 Å². The van der Waals surface area contributed by atoms with Gasteiger partial charge in [-0.2, -0.15) is 0 Å². The zero-order valence-corrected chi connectivity index (χ0v) is 12.7. The van der Waals surface area contributed by atoms with Gasteiger partial charge in [0.15, 0.2) is 0 Å². The van der Waals surface area contributed by atoms with Gasteiger partial charge in [-0.15, -0.1) is 11.6 Å². The third-order valence-electron chi connectivity index (χ3n) is 4.64. The fourth-order valence-electron chi connectivity index (χ4n) is 3.12. The molecule has 2 aliphatic heterocycles. The minimum Gasteiger partial charge on any atom is -0.381 e. The second-order valence-corrected chi connectivity index (χ2v) is 6.21. The Hall–Kier alpha value is -0.320. The van der Waals surface area contributed by atoms with Crippen molar-refractivity contribution >= 4 is 17.5 Å². The molecule has 5 heteroatoms. The molecule has 4 nitrogen and oxygen atoms in total. The summed E-state index contributed by atoms with van der Waals surface area (Å²) in [5, 5.41) is 3.17. The van der Waals surface area contributed by atoms with Crippen LogP contribution in [0.4, 0.5) is 0 Å². The van der Waals surface area contributed by atoms with Gasteiger partial charge in [-0.3, -0.25) is 4.79 Å². The smallest absolute Gasteiger partial charge is 0.226 e. The molecule has 0 aromatic heterocycles. The standard InChI is InChI=1S/C14H24ClNO3/c1-9-10(2)19-11(3)12(9)13(17)16-14(8-15)4-6-18-7-5-14/h9-12H,4-8H2,1-3H3,(H,16,17). The van der Waals surface area contributed by atoms with Crippen molar-refractivity contribution in [2.45, 2.75) is 51.4 Å². The molecule has 0 saturated carbocycles. The van der Waals surface area contributed by atoms with Crippen molar-refractivity contribution in [3.8, 4) is 0 Å². The number of nitrogens with one attached hydrogen (secondary N) is 1. The zero-order valence-electron chi connectivity index (χ0n) is 11.9. The minimum absolute atomic E-state index is 0.0304. The molecule has 1 N–H and O–H groups in total. The van der Waals surface area contributed by atoms with Crippen molar-refractivity contribution in [3.63, 3.8) is 0 Å². The van der Waals surface area contributed by atoms with E-state index >= 15 is 0 Å². The largest absolute Gasteiger partial charge is 0.381 e. The first kappa shape index (κ1) is 15.1. The maximum Gasteiger partial charge on any atom is 0.226 e. The highest BCUT2D eigenvalue weighted by Gasteiger charge is 2.44. The van der Waals surface area contributed by atoms with E-state index in [0.717, 1.165) is 12.8 Å². The van der Waals surface area contributed by atoms with Gasteiger partial charge in [0, 0.05) is 19.1 Å². The van der Waals surface area contributed by atoms with Gasteiger partial charge in [0.2, 0.25) is 5.91 Å². The van der Waals surface area contributed by atoms with Gasteiger partial charge < -0.3 is 14.8 Å². The van der Waals surface area contributed by atoms with Gasteiger partial charge >= 0.3 is 0 Å². The molecular weight excluding hydrogens is 266 g/mol. The fraction of sp³-hybridized carbons (Fsp3) is 0.929. The summed E-state index contributed by atoms with van der Waals surface area (Å²) >= 11 is 6.09. The second kappa shape index (κ2) is 5.98. The fourth-order valence-corrected chi connectivity index (χ4v) is 3.45.